The van der Waals surface area contributed by atoms with Crippen molar-refractivity contribution in [1.29, 1.82) is 0 Å². The molecule has 0 unspecified atom stereocenters. The molecule has 0 radical (unpaired) electrons. The summed E-state index contributed by atoms with van der Waals surface area (Å²) in [5, 5.41) is 2.12. The van der Waals surface area contributed by atoms with Gasteiger partial charge in [0.05, 0.1) is 13.7 Å². The quantitative estimate of drug-likeness (QED) is 0.924. The van der Waals surface area contributed by atoms with Gasteiger partial charge in [-0.25, -0.2) is 13.6 Å². The van der Waals surface area contributed by atoms with Gasteiger partial charge in [0.2, 0.25) is 0 Å². The van der Waals surface area contributed by atoms with Crippen molar-refractivity contribution in [2.24, 2.45) is 0 Å². The number of hydrogen-bond donors (Lipinski definition) is 1. The maximum atomic E-state index is 13.8. The molecular weight excluding hydrogens is 272 g/mol. The van der Waals surface area contributed by atoms with Crippen LogP contribution in [0.15, 0.2) is 18.2 Å². The Labute approximate surface area is 114 Å². The summed E-state index contributed by atoms with van der Waals surface area (Å²) < 4.78 is 42.4. The van der Waals surface area contributed by atoms with Gasteiger partial charge in [0.25, 0.3) is 0 Å². The highest BCUT2D eigenvalue weighted by Crippen LogP contribution is 2.38. The molecule has 1 heterocycles. The van der Waals surface area contributed by atoms with Gasteiger partial charge < -0.3 is 19.5 Å². The number of amides is 1. The largest absolute Gasteiger partial charge is 0.493 e. The second-order valence-electron chi connectivity index (χ2n) is 4.26. The second kappa shape index (κ2) is 5.52. The molecule has 0 bridgehead atoms. The maximum Gasteiger partial charge on any atom is 0.408 e. The molecule has 0 aliphatic carbocycles. The Morgan fingerprint density at radius 1 is 1.45 bits per heavy atom. The van der Waals surface area contributed by atoms with Crippen LogP contribution in [0, 0.1) is 0 Å². The molecule has 1 atom stereocenters. The van der Waals surface area contributed by atoms with Gasteiger partial charge in [-0.2, -0.15) is 0 Å². The van der Waals surface area contributed by atoms with Gasteiger partial charge >= 0.3 is 12.0 Å². The predicted molar refractivity (Wildman–Crippen MR) is 66.3 cm³/mol. The number of ether oxygens (including phenoxy) is 3. The lowest BCUT2D eigenvalue weighted by molar-refractivity contribution is -0.104. The van der Waals surface area contributed by atoms with Crippen LogP contribution < -0.4 is 14.8 Å². The van der Waals surface area contributed by atoms with Crippen LogP contribution in [0.4, 0.5) is 13.6 Å². The van der Waals surface area contributed by atoms with Gasteiger partial charge in [-0.1, -0.05) is 6.07 Å². The van der Waals surface area contributed by atoms with Gasteiger partial charge in [0.15, 0.2) is 18.1 Å². The zero-order chi connectivity index (χ0) is 14.8. The smallest absolute Gasteiger partial charge is 0.408 e. The standard InChI is InChI=1S/C13H15F2NO4/c1-3-19-10-6-8(4-5-9(10)18-2)11-13(14,15)7-20-12(17)16-11/h4-6,11H,3,7H2,1-2H3,(H,16,17)/t11-/m1/s1. The lowest BCUT2D eigenvalue weighted by Crippen LogP contribution is -2.49. The molecule has 0 aromatic heterocycles. The van der Waals surface area contributed by atoms with Gasteiger partial charge in [-0.15, -0.1) is 0 Å². The highest BCUT2D eigenvalue weighted by molar-refractivity contribution is 5.69. The summed E-state index contributed by atoms with van der Waals surface area (Å²) >= 11 is 0. The minimum atomic E-state index is -3.19. The molecule has 1 fully saturated rings. The summed E-state index contributed by atoms with van der Waals surface area (Å²) in [4.78, 5) is 11.1. The monoisotopic (exact) mass is 287 g/mol. The summed E-state index contributed by atoms with van der Waals surface area (Å²) in [5.74, 6) is -2.40. The van der Waals surface area contributed by atoms with Crippen molar-refractivity contribution in [3.05, 3.63) is 23.8 Å². The molecule has 7 heteroatoms. The van der Waals surface area contributed by atoms with Gasteiger partial charge in [0.1, 0.15) is 6.04 Å². The molecule has 0 saturated carbocycles. The molecule has 2 rings (SSSR count). The number of alkyl halides is 2. The van der Waals surface area contributed by atoms with Gasteiger partial charge in [-0.05, 0) is 24.6 Å². The van der Waals surface area contributed by atoms with E-state index in [9.17, 15) is 13.6 Å². The Kier molecular flexibility index (Phi) is 3.96. The molecule has 1 aromatic rings. The van der Waals surface area contributed by atoms with E-state index in [0.717, 1.165) is 0 Å². The van der Waals surface area contributed by atoms with E-state index in [-0.39, 0.29) is 5.56 Å². The molecular formula is C13H15F2NO4. The number of benzene rings is 1. The zero-order valence-corrected chi connectivity index (χ0v) is 11.1. The van der Waals surface area contributed by atoms with E-state index in [1.807, 2.05) is 0 Å². The number of halogens is 2. The zero-order valence-electron chi connectivity index (χ0n) is 11.1. The minimum absolute atomic E-state index is 0.232. The fourth-order valence-electron chi connectivity index (χ4n) is 1.98. The minimum Gasteiger partial charge on any atom is -0.493 e. The van der Waals surface area contributed by atoms with E-state index < -0.39 is 24.7 Å². The number of carbonyl (C=O) groups excluding carboxylic acids is 1. The van der Waals surface area contributed by atoms with Crippen LogP contribution in [0.5, 0.6) is 11.5 Å². The number of hydrogen-bond acceptors (Lipinski definition) is 4. The van der Waals surface area contributed by atoms with E-state index in [1.165, 1.54) is 25.3 Å². The summed E-state index contributed by atoms with van der Waals surface area (Å²) in [6.45, 7) is 1.20. The van der Waals surface area contributed by atoms with E-state index in [0.29, 0.717) is 18.1 Å². The Balaban J connectivity index is 2.35. The molecule has 1 amide bonds. The van der Waals surface area contributed by atoms with Crippen molar-refractivity contribution in [2.45, 2.75) is 18.9 Å². The first-order valence-electron chi connectivity index (χ1n) is 6.09. The SMILES string of the molecule is CCOc1cc([C@H]2NC(=O)OCC2(F)F)ccc1OC. The fraction of sp³-hybridized carbons (Fsp3) is 0.462. The normalized spacial score (nSPS) is 20.8. The molecule has 1 N–H and O–H groups in total. The molecule has 1 saturated heterocycles. The number of cyclic esters (lactones) is 1. The average Bonchev–Trinajstić information content (AvgIpc) is 2.42. The van der Waals surface area contributed by atoms with E-state index in [2.05, 4.69) is 10.1 Å². The number of rotatable bonds is 4. The summed E-state index contributed by atoms with van der Waals surface area (Å²) in [6, 6.07) is 2.98. The number of nitrogens with one attached hydrogen (secondary N) is 1. The molecule has 20 heavy (non-hydrogen) atoms. The van der Waals surface area contributed by atoms with Crippen molar-refractivity contribution < 1.29 is 27.8 Å². The van der Waals surface area contributed by atoms with Crippen molar-refractivity contribution in [2.75, 3.05) is 20.3 Å². The Bertz CT molecular complexity index is 507. The van der Waals surface area contributed by atoms with Crippen molar-refractivity contribution in [3.63, 3.8) is 0 Å². The summed E-state index contributed by atoms with van der Waals surface area (Å²) in [6.07, 6.45) is -0.866. The molecule has 1 aliphatic heterocycles. The second-order valence-corrected chi connectivity index (χ2v) is 4.26. The predicted octanol–water partition coefficient (Wildman–Crippen LogP) is 2.51. The van der Waals surface area contributed by atoms with Crippen LogP contribution in [0.25, 0.3) is 0 Å². The first-order chi connectivity index (χ1) is 9.47. The van der Waals surface area contributed by atoms with Crippen LogP contribution in [0.2, 0.25) is 0 Å². The third-order valence-electron chi connectivity index (χ3n) is 2.90. The van der Waals surface area contributed by atoms with Crippen LogP contribution in [-0.4, -0.2) is 32.3 Å². The third-order valence-corrected chi connectivity index (χ3v) is 2.90. The van der Waals surface area contributed by atoms with E-state index in [4.69, 9.17) is 9.47 Å². The Morgan fingerprint density at radius 2 is 2.20 bits per heavy atom. The average molecular weight is 287 g/mol. The molecule has 110 valence electrons. The summed E-state index contributed by atoms with van der Waals surface area (Å²) in [7, 11) is 1.46. The van der Waals surface area contributed by atoms with E-state index in [1.54, 1.807) is 6.92 Å². The molecule has 1 aliphatic rings. The highest BCUT2D eigenvalue weighted by atomic mass is 19.3. The van der Waals surface area contributed by atoms with Crippen molar-refractivity contribution in [3.8, 4) is 11.5 Å². The van der Waals surface area contributed by atoms with E-state index >= 15 is 0 Å². The number of carbonyl (C=O) groups is 1. The lowest BCUT2D eigenvalue weighted by Gasteiger charge is -2.32. The first-order valence-corrected chi connectivity index (χ1v) is 6.09. The molecule has 0 spiro atoms. The summed E-state index contributed by atoms with van der Waals surface area (Å²) in [5.41, 5.74) is 0.232. The topological polar surface area (TPSA) is 56.8 Å². The van der Waals surface area contributed by atoms with Crippen LogP contribution in [0.3, 0.4) is 0 Å². The van der Waals surface area contributed by atoms with Crippen LogP contribution in [0.1, 0.15) is 18.5 Å². The number of alkyl carbamates (subject to hydrolysis) is 1. The lowest BCUT2D eigenvalue weighted by atomic mass is 9.99. The highest BCUT2D eigenvalue weighted by Gasteiger charge is 2.47. The molecule has 1 aromatic carbocycles. The Hall–Kier alpha value is -2.05. The molecule has 5 nitrogen and oxygen atoms in total. The number of methoxy groups -OCH3 is 1. The fourth-order valence-corrected chi connectivity index (χ4v) is 1.98. The van der Waals surface area contributed by atoms with Crippen molar-refractivity contribution >= 4 is 6.09 Å². The van der Waals surface area contributed by atoms with Crippen LogP contribution in [-0.2, 0) is 4.74 Å². The van der Waals surface area contributed by atoms with Gasteiger partial charge in [0, 0.05) is 0 Å². The van der Waals surface area contributed by atoms with Crippen LogP contribution >= 0.6 is 0 Å². The van der Waals surface area contributed by atoms with Gasteiger partial charge in [-0.3, -0.25) is 0 Å². The first kappa shape index (κ1) is 14.4. The Morgan fingerprint density at radius 3 is 2.85 bits per heavy atom. The van der Waals surface area contributed by atoms with Crippen molar-refractivity contribution in [1.82, 2.24) is 5.32 Å². The third kappa shape index (κ3) is 2.76. The maximum absolute atomic E-state index is 13.8.